The molecule has 3 atom stereocenters. The van der Waals surface area contributed by atoms with Crippen LogP contribution in [0.25, 0.3) is 0 Å². The van der Waals surface area contributed by atoms with Crippen molar-refractivity contribution in [1.82, 2.24) is 4.90 Å². The molecule has 22 heavy (non-hydrogen) atoms. The minimum Gasteiger partial charge on any atom is -0.389 e. The summed E-state index contributed by atoms with van der Waals surface area (Å²) in [5, 5.41) is 12.5. The topological polar surface area (TPSA) is 41.9 Å². The predicted octanol–water partition coefficient (Wildman–Crippen LogP) is 2.61. The molecule has 0 radical (unpaired) electrons. The quantitative estimate of drug-likeness (QED) is 0.837. The van der Waals surface area contributed by atoms with Gasteiger partial charge in [-0.25, -0.2) is 0 Å². The van der Waals surface area contributed by atoms with Crippen LogP contribution in [0.1, 0.15) is 42.7 Å². The molecule has 0 saturated carbocycles. The molecule has 2 aliphatic heterocycles. The van der Waals surface area contributed by atoms with E-state index in [0.717, 1.165) is 38.8 Å². The second kappa shape index (κ2) is 7.88. The summed E-state index contributed by atoms with van der Waals surface area (Å²) in [6, 6.07) is 2.70. The summed E-state index contributed by atoms with van der Waals surface area (Å²) < 4.78 is 11.2. The Hall–Kier alpha value is -0.460. The number of fused-ring (bicyclic) bond motifs is 1. The van der Waals surface area contributed by atoms with Crippen molar-refractivity contribution in [2.24, 2.45) is 0 Å². The van der Waals surface area contributed by atoms with Crippen molar-refractivity contribution in [3.63, 3.8) is 0 Å². The first-order valence-corrected chi connectivity index (χ1v) is 9.33. The average Bonchev–Trinajstić information content (AvgIpc) is 3.17. The molecule has 1 aromatic heterocycles. The highest BCUT2D eigenvalue weighted by atomic mass is 32.1. The van der Waals surface area contributed by atoms with Crippen LogP contribution in [0.3, 0.4) is 0 Å². The number of nitrogens with zero attached hydrogens (tertiary/aromatic N) is 1. The molecule has 3 unspecified atom stereocenters. The first-order chi connectivity index (χ1) is 10.8. The zero-order chi connectivity index (χ0) is 15.4. The summed E-state index contributed by atoms with van der Waals surface area (Å²) in [6.07, 6.45) is 4.22. The van der Waals surface area contributed by atoms with Crippen LogP contribution < -0.4 is 0 Å². The maximum atomic E-state index is 10.3. The Balaban J connectivity index is 1.45. The molecule has 1 fully saturated rings. The van der Waals surface area contributed by atoms with E-state index in [9.17, 15) is 5.11 Å². The van der Waals surface area contributed by atoms with Gasteiger partial charge in [-0.2, -0.15) is 0 Å². The van der Waals surface area contributed by atoms with Crippen LogP contribution >= 0.6 is 11.3 Å². The van der Waals surface area contributed by atoms with E-state index in [0.29, 0.717) is 25.8 Å². The summed E-state index contributed by atoms with van der Waals surface area (Å²) in [5.41, 5.74) is 1.46. The Morgan fingerprint density at radius 3 is 3.23 bits per heavy atom. The third kappa shape index (κ3) is 3.89. The van der Waals surface area contributed by atoms with E-state index in [1.807, 2.05) is 11.3 Å². The summed E-state index contributed by atoms with van der Waals surface area (Å²) in [5.74, 6) is 0. The molecule has 5 heteroatoms. The lowest BCUT2D eigenvalue weighted by Crippen LogP contribution is -2.41. The van der Waals surface area contributed by atoms with Crippen molar-refractivity contribution >= 4 is 11.3 Å². The van der Waals surface area contributed by atoms with Gasteiger partial charge in [0.05, 0.1) is 25.4 Å². The molecule has 2 aliphatic rings. The second-order valence-electron chi connectivity index (χ2n) is 6.29. The van der Waals surface area contributed by atoms with Gasteiger partial charge in [0.2, 0.25) is 0 Å². The largest absolute Gasteiger partial charge is 0.389 e. The molecule has 1 N–H and O–H groups in total. The van der Waals surface area contributed by atoms with Gasteiger partial charge in [0.25, 0.3) is 0 Å². The number of aliphatic hydroxyl groups is 1. The molecule has 3 rings (SSSR count). The monoisotopic (exact) mass is 325 g/mol. The average molecular weight is 325 g/mol. The van der Waals surface area contributed by atoms with E-state index in [1.54, 1.807) is 0 Å². The first kappa shape index (κ1) is 16.4. The Morgan fingerprint density at radius 2 is 2.45 bits per heavy atom. The van der Waals surface area contributed by atoms with Crippen LogP contribution in [0.15, 0.2) is 11.4 Å². The summed E-state index contributed by atoms with van der Waals surface area (Å²) >= 11 is 1.87. The van der Waals surface area contributed by atoms with Crippen LogP contribution in [-0.4, -0.2) is 55.1 Å². The lowest BCUT2D eigenvalue weighted by atomic mass is 9.97. The fraction of sp³-hybridized carbons (Fsp3) is 0.765. The van der Waals surface area contributed by atoms with Gasteiger partial charge in [-0.3, -0.25) is 4.90 Å². The summed E-state index contributed by atoms with van der Waals surface area (Å²) in [4.78, 5) is 3.93. The molecule has 0 bridgehead atoms. The molecular formula is C17H27NO3S. The number of β-amino-alcohol motifs (C(OH)–C–C–N with tert-alkyl or cyclic N) is 1. The van der Waals surface area contributed by atoms with Gasteiger partial charge in [0.15, 0.2) is 0 Å². The SMILES string of the molecule is CCC1c2ccsc2CCN1CC(O)COCC1CCCO1. The minimum absolute atomic E-state index is 0.235. The standard InChI is InChI=1S/C17H27NO3S/c1-2-16-15-6-9-22-17(15)5-7-18(16)10-13(19)11-20-12-14-4-3-8-21-14/h6,9,13-14,16,19H,2-5,7-8,10-12H2,1H3. The highest BCUT2D eigenvalue weighted by Gasteiger charge is 2.28. The van der Waals surface area contributed by atoms with Crippen molar-refractivity contribution in [2.75, 3.05) is 32.9 Å². The molecule has 1 saturated heterocycles. The van der Waals surface area contributed by atoms with Crippen molar-refractivity contribution < 1.29 is 14.6 Å². The molecular weight excluding hydrogens is 298 g/mol. The van der Waals surface area contributed by atoms with Gasteiger partial charge in [-0.15, -0.1) is 11.3 Å². The number of rotatable bonds is 7. The van der Waals surface area contributed by atoms with E-state index >= 15 is 0 Å². The highest BCUT2D eigenvalue weighted by molar-refractivity contribution is 7.10. The zero-order valence-corrected chi connectivity index (χ0v) is 14.2. The second-order valence-corrected chi connectivity index (χ2v) is 7.30. The van der Waals surface area contributed by atoms with E-state index in [4.69, 9.17) is 9.47 Å². The third-order valence-corrected chi connectivity index (χ3v) is 5.67. The van der Waals surface area contributed by atoms with Crippen LogP contribution in [0.2, 0.25) is 0 Å². The molecule has 0 amide bonds. The van der Waals surface area contributed by atoms with Gasteiger partial charge < -0.3 is 14.6 Å². The van der Waals surface area contributed by atoms with Crippen LogP contribution in [0.5, 0.6) is 0 Å². The lowest BCUT2D eigenvalue weighted by molar-refractivity contribution is -0.0295. The zero-order valence-electron chi connectivity index (χ0n) is 13.4. The maximum absolute atomic E-state index is 10.3. The Labute approximate surface area is 137 Å². The number of thiophene rings is 1. The number of hydrogen-bond acceptors (Lipinski definition) is 5. The molecule has 0 aliphatic carbocycles. The van der Waals surface area contributed by atoms with Gasteiger partial charge in [0, 0.05) is 30.6 Å². The Kier molecular flexibility index (Phi) is 5.88. The molecule has 0 aromatic carbocycles. The van der Waals surface area contributed by atoms with Gasteiger partial charge in [-0.05, 0) is 42.7 Å². The van der Waals surface area contributed by atoms with E-state index in [1.165, 1.54) is 10.4 Å². The Bertz CT molecular complexity index is 459. The third-order valence-electron chi connectivity index (χ3n) is 4.68. The fourth-order valence-corrected chi connectivity index (χ4v) is 4.51. The molecule has 3 heterocycles. The van der Waals surface area contributed by atoms with E-state index in [2.05, 4.69) is 23.3 Å². The normalized spacial score (nSPS) is 27.0. The molecule has 0 spiro atoms. The fourth-order valence-electron chi connectivity index (χ4n) is 3.58. The molecule has 1 aromatic rings. The van der Waals surface area contributed by atoms with Crippen molar-refractivity contribution in [2.45, 2.75) is 50.9 Å². The van der Waals surface area contributed by atoms with Crippen molar-refractivity contribution in [3.8, 4) is 0 Å². The first-order valence-electron chi connectivity index (χ1n) is 8.45. The van der Waals surface area contributed by atoms with Crippen molar-refractivity contribution in [3.05, 3.63) is 21.9 Å². The van der Waals surface area contributed by atoms with E-state index < -0.39 is 6.10 Å². The van der Waals surface area contributed by atoms with Crippen LogP contribution in [0, 0.1) is 0 Å². The Morgan fingerprint density at radius 1 is 1.55 bits per heavy atom. The summed E-state index contributed by atoms with van der Waals surface area (Å²) in [7, 11) is 0. The van der Waals surface area contributed by atoms with Crippen LogP contribution in [-0.2, 0) is 15.9 Å². The highest BCUT2D eigenvalue weighted by Crippen LogP contribution is 2.35. The van der Waals surface area contributed by atoms with Gasteiger partial charge in [-0.1, -0.05) is 6.92 Å². The predicted molar refractivity (Wildman–Crippen MR) is 88.4 cm³/mol. The number of hydrogen-bond donors (Lipinski definition) is 1. The molecule has 4 nitrogen and oxygen atoms in total. The lowest BCUT2D eigenvalue weighted by Gasteiger charge is -2.36. The maximum Gasteiger partial charge on any atom is 0.0900 e. The smallest absolute Gasteiger partial charge is 0.0900 e. The van der Waals surface area contributed by atoms with Crippen molar-refractivity contribution in [1.29, 1.82) is 0 Å². The number of ether oxygens (including phenoxy) is 2. The van der Waals surface area contributed by atoms with Crippen LogP contribution in [0.4, 0.5) is 0 Å². The number of aliphatic hydroxyl groups excluding tert-OH is 1. The molecule has 124 valence electrons. The minimum atomic E-state index is -0.421. The summed E-state index contributed by atoms with van der Waals surface area (Å²) in [6.45, 7) is 5.83. The van der Waals surface area contributed by atoms with Gasteiger partial charge in [0.1, 0.15) is 0 Å². The van der Waals surface area contributed by atoms with E-state index in [-0.39, 0.29) is 6.10 Å². The van der Waals surface area contributed by atoms with Gasteiger partial charge >= 0.3 is 0 Å².